The minimum Gasteiger partial charge on any atom is -0.424 e. The Labute approximate surface area is 53.6 Å². The molecule has 0 radical (unpaired) electrons. The molecule has 0 aliphatic carbocycles. The van der Waals surface area contributed by atoms with Crippen LogP contribution in [0.3, 0.4) is 0 Å². The van der Waals surface area contributed by atoms with Gasteiger partial charge in [-0.15, -0.1) is 0 Å². The summed E-state index contributed by atoms with van der Waals surface area (Å²) in [4.78, 5) is 4.28. The lowest BCUT2D eigenvalue weighted by molar-refractivity contribution is 0.215. The van der Waals surface area contributed by atoms with Crippen molar-refractivity contribution >= 4 is 13.3 Å². The fraction of sp³-hybridized carbons (Fsp3) is 0.250. The highest BCUT2D eigenvalue weighted by Crippen LogP contribution is 1.71. The van der Waals surface area contributed by atoms with Gasteiger partial charge >= 0.3 is 7.12 Å². The second-order valence-electron chi connectivity index (χ2n) is 1.24. The van der Waals surface area contributed by atoms with E-state index in [1.165, 1.54) is 19.4 Å². The maximum absolute atomic E-state index is 8.22. The van der Waals surface area contributed by atoms with E-state index in [-0.39, 0.29) is 0 Å². The third kappa shape index (κ3) is 7.19. The van der Waals surface area contributed by atoms with Crippen LogP contribution in [0.5, 0.6) is 0 Å². The van der Waals surface area contributed by atoms with Crippen LogP contribution in [-0.4, -0.2) is 30.5 Å². The number of hydrogen-bond acceptors (Lipinski definition) is 4. The third-order valence-electron chi connectivity index (χ3n) is 0.536. The van der Waals surface area contributed by atoms with Crippen LogP contribution in [0, 0.1) is 0 Å². The Morgan fingerprint density at radius 1 is 1.56 bits per heavy atom. The molecule has 2 N–H and O–H groups in total. The first kappa shape index (κ1) is 8.19. The zero-order valence-electron chi connectivity index (χ0n) is 5.06. The molecule has 0 rings (SSSR count). The van der Waals surface area contributed by atoms with Crippen molar-refractivity contribution < 1.29 is 14.9 Å². The van der Waals surface area contributed by atoms with Crippen molar-refractivity contribution in [3.63, 3.8) is 0 Å². The molecule has 0 amide bonds. The summed E-state index contributed by atoms with van der Waals surface area (Å²) in [6, 6.07) is 0. The van der Waals surface area contributed by atoms with Crippen molar-refractivity contribution in [3.05, 3.63) is 12.1 Å². The van der Waals surface area contributed by atoms with Crippen molar-refractivity contribution in [2.75, 3.05) is 7.11 Å². The van der Waals surface area contributed by atoms with Crippen molar-refractivity contribution in [2.45, 2.75) is 0 Å². The van der Waals surface area contributed by atoms with Gasteiger partial charge in [0.1, 0.15) is 7.11 Å². The summed E-state index contributed by atoms with van der Waals surface area (Å²) in [7, 11) is -0.0204. The Morgan fingerprint density at radius 2 is 2.22 bits per heavy atom. The average Bonchev–Trinajstić information content (AvgIpc) is 1.80. The zero-order chi connectivity index (χ0) is 7.11. The second kappa shape index (κ2) is 5.33. The molecule has 0 aromatic rings. The third-order valence-corrected chi connectivity index (χ3v) is 0.536. The molecule has 0 aromatic carbocycles. The average molecular weight is 129 g/mol. The van der Waals surface area contributed by atoms with Crippen LogP contribution in [0.2, 0.25) is 0 Å². The topological polar surface area (TPSA) is 62.0 Å². The normalized spacial score (nSPS) is 11.0. The highest BCUT2D eigenvalue weighted by Gasteiger charge is 1.94. The number of rotatable bonds is 3. The smallest absolute Gasteiger partial charge is 0.424 e. The molecule has 0 saturated heterocycles. The molecule has 0 fully saturated rings. The highest BCUT2D eigenvalue weighted by molar-refractivity contribution is 6.47. The molecule has 0 aliphatic heterocycles. The Bertz CT molecular complexity index is 112. The van der Waals surface area contributed by atoms with Crippen LogP contribution >= 0.6 is 0 Å². The number of hydrogen-bond donors (Lipinski definition) is 2. The minimum atomic E-state index is -1.42. The maximum atomic E-state index is 8.22. The van der Waals surface area contributed by atoms with Gasteiger partial charge in [0.05, 0.1) is 6.21 Å². The molecule has 0 saturated carbocycles. The number of allylic oxidation sites excluding steroid dienone is 1. The first-order valence-corrected chi connectivity index (χ1v) is 2.37. The lowest BCUT2D eigenvalue weighted by Crippen LogP contribution is -2.05. The summed E-state index contributed by atoms with van der Waals surface area (Å²) in [5.41, 5.74) is 0. The van der Waals surface area contributed by atoms with Crippen LogP contribution < -0.4 is 0 Å². The SMILES string of the molecule is CO/N=C/C=C/B(O)O. The first-order chi connectivity index (χ1) is 4.27. The lowest BCUT2D eigenvalue weighted by Gasteiger charge is -1.82. The van der Waals surface area contributed by atoms with E-state index in [1.54, 1.807) is 0 Å². The summed E-state index contributed by atoms with van der Waals surface area (Å²) in [5, 5.41) is 19.7. The Balaban J connectivity index is 3.35. The number of nitrogens with zero attached hydrogens (tertiary/aromatic N) is 1. The van der Waals surface area contributed by atoms with Crippen LogP contribution in [0.25, 0.3) is 0 Å². The first-order valence-electron chi connectivity index (χ1n) is 2.37. The van der Waals surface area contributed by atoms with Crippen LogP contribution in [-0.2, 0) is 4.84 Å². The molecule has 0 spiro atoms. The minimum absolute atomic E-state index is 1.16. The quantitative estimate of drug-likeness (QED) is 0.297. The van der Waals surface area contributed by atoms with Gasteiger partial charge in [0.25, 0.3) is 0 Å². The molecule has 0 unspecified atom stereocenters. The highest BCUT2D eigenvalue weighted by atomic mass is 16.6. The van der Waals surface area contributed by atoms with E-state index in [4.69, 9.17) is 10.0 Å². The second-order valence-corrected chi connectivity index (χ2v) is 1.24. The molecule has 0 aliphatic rings. The molecule has 0 heterocycles. The van der Waals surface area contributed by atoms with Crippen LogP contribution in [0.15, 0.2) is 17.2 Å². The fourth-order valence-corrected chi connectivity index (χ4v) is 0.245. The van der Waals surface area contributed by atoms with Gasteiger partial charge in [0.2, 0.25) is 0 Å². The van der Waals surface area contributed by atoms with Crippen molar-refractivity contribution in [2.24, 2.45) is 5.16 Å². The standard InChI is InChI=1S/C4H8BNO3/c1-9-6-4-2-3-5(7)8/h2-4,7-8H,1H3/b3-2+,6-4+. The number of oxime groups is 1. The van der Waals surface area contributed by atoms with Crippen molar-refractivity contribution in [1.29, 1.82) is 0 Å². The largest absolute Gasteiger partial charge is 0.480 e. The van der Waals surface area contributed by atoms with Gasteiger partial charge in [-0.3, -0.25) is 0 Å². The van der Waals surface area contributed by atoms with E-state index >= 15 is 0 Å². The van der Waals surface area contributed by atoms with Gasteiger partial charge in [0, 0.05) is 0 Å². The molecule has 0 atom stereocenters. The Kier molecular flexibility index (Phi) is 4.86. The summed E-state index contributed by atoms with van der Waals surface area (Å²) in [6.45, 7) is 0. The van der Waals surface area contributed by atoms with E-state index in [2.05, 4.69) is 9.99 Å². The molecule has 50 valence electrons. The maximum Gasteiger partial charge on any atom is 0.480 e. The lowest BCUT2D eigenvalue weighted by atomic mass is 9.92. The zero-order valence-corrected chi connectivity index (χ0v) is 5.06. The van der Waals surface area contributed by atoms with Gasteiger partial charge in [-0.1, -0.05) is 11.1 Å². The summed E-state index contributed by atoms with van der Waals surface area (Å²) in [6.07, 6.45) is 2.67. The summed E-state index contributed by atoms with van der Waals surface area (Å²) < 4.78 is 0. The van der Waals surface area contributed by atoms with Crippen molar-refractivity contribution in [1.82, 2.24) is 0 Å². The fourth-order valence-electron chi connectivity index (χ4n) is 0.245. The molecule has 9 heavy (non-hydrogen) atoms. The van der Waals surface area contributed by atoms with Crippen LogP contribution in [0.1, 0.15) is 0 Å². The van der Waals surface area contributed by atoms with Gasteiger partial charge in [-0.05, 0) is 6.08 Å². The van der Waals surface area contributed by atoms with E-state index in [0.717, 1.165) is 5.98 Å². The van der Waals surface area contributed by atoms with E-state index in [0.29, 0.717) is 0 Å². The van der Waals surface area contributed by atoms with E-state index < -0.39 is 7.12 Å². The molecular weight excluding hydrogens is 121 g/mol. The van der Waals surface area contributed by atoms with Crippen LogP contribution in [0.4, 0.5) is 0 Å². The predicted molar refractivity (Wildman–Crippen MR) is 34.8 cm³/mol. The van der Waals surface area contributed by atoms with Gasteiger partial charge < -0.3 is 14.9 Å². The Morgan fingerprint density at radius 3 is 2.67 bits per heavy atom. The molecule has 0 aromatic heterocycles. The Hall–Kier alpha value is -0.805. The van der Waals surface area contributed by atoms with E-state index in [1.807, 2.05) is 0 Å². The predicted octanol–water partition coefficient (Wildman–Crippen LogP) is -0.813. The molecule has 4 nitrogen and oxygen atoms in total. The van der Waals surface area contributed by atoms with E-state index in [9.17, 15) is 0 Å². The summed E-state index contributed by atoms with van der Waals surface area (Å²) in [5.74, 6) is 1.16. The molecule has 0 bridgehead atoms. The molecular formula is C4H8BNO3. The van der Waals surface area contributed by atoms with Gasteiger partial charge in [-0.2, -0.15) is 0 Å². The molecule has 5 heteroatoms. The van der Waals surface area contributed by atoms with Gasteiger partial charge in [0.15, 0.2) is 0 Å². The monoisotopic (exact) mass is 129 g/mol. The summed E-state index contributed by atoms with van der Waals surface area (Å²) >= 11 is 0. The van der Waals surface area contributed by atoms with Gasteiger partial charge in [-0.25, -0.2) is 0 Å². The van der Waals surface area contributed by atoms with Crippen molar-refractivity contribution in [3.8, 4) is 0 Å².